The number of imidazole rings is 1. The first-order chi connectivity index (χ1) is 12.1. The van der Waals surface area contributed by atoms with Crippen LogP contribution in [0, 0.1) is 0 Å². The fraction of sp³-hybridized carbons (Fsp3) is 0.143. The number of fused-ring (bicyclic) bond motifs is 2. The van der Waals surface area contributed by atoms with Crippen molar-refractivity contribution >= 4 is 22.6 Å². The third-order valence-corrected chi connectivity index (χ3v) is 5.40. The molecule has 3 heterocycles. The van der Waals surface area contributed by atoms with Gasteiger partial charge in [-0.05, 0) is 41.5 Å². The lowest BCUT2D eigenvalue weighted by Gasteiger charge is -2.34. The molecule has 0 unspecified atom stereocenters. The molecule has 1 aliphatic rings. The van der Waals surface area contributed by atoms with E-state index in [0.717, 1.165) is 33.1 Å². The molecule has 4 aromatic rings. The Morgan fingerprint density at radius 3 is 2.56 bits per heavy atom. The van der Waals surface area contributed by atoms with Gasteiger partial charge in [0.25, 0.3) is 0 Å². The van der Waals surface area contributed by atoms with Crippen molar-refractivity contribution in [2.75, 3.05) is 0 Å². The van der Waals surface area contributed by atoms with Gasteiger partial charge in [0.05, 0.1) is 16.7 Å². The Morgan fingerprint density at radius 1 is 0.960 bits per heavy atom. The molecular formula is C21H16ClN3. The highest BCUT2D eigenvalue weighted by Gasteiger charge is 2.35. The molecule has 0 N–H and O–H groups in total. The van der Waals surface area contributed by atoms with E-state index in [0.29, 0.717) is 0 Å². The molecule has 25 heavy (non-hydrogen) atoms. The highest BCUT2D eigenvalue weighted by molar-refractivity contribution is 6.30. The summed E-state index contributed by atoms with van der Waals surface area (Å²) in [5, 5.41) is 0.733. The second-order valence-electron chi connectivity index (χ2n) is 6.97. The molecule has 0 atom stereocenters. The Balaban J connectivity index is 1.99. The minimum atomic E-state index is -0.106. The first kappa shape index (κ1) is 14.7. The van der Waals surface area contributed by atoms with Gasteiger partial charge >= 0.3 is 0 Å². The fourth-order valence-corrected chi connectivity index (χ4v) is 4.09. The maximum Gasteiger partial charge on any atom is 0.145 e. The van der Waals surface area contributed by atoms with Gasteiger partial charge in [0.15, 0.2) is 0 Å². The summed E-state index contributed by atoms with van der Waals surface area (Å²) in [6, 6.07) is 16.5. The molecule has 0 spiro atoms. The molecule has 0 saturated carbocycles. The summed E-state index contributed by atoms with van der Waals surface area (Å²) in [6.07, 6.45) is 3.60. The monoisotopic (exact) mass is 345 g/mol. The highest BCUT2D eigenvalue weighted by Crippen LogP contribution is 2.46. The number of hydrogen-bond acceptors (Lipinski definition) is 2. The molecular weight excluding hydrogens is 330 g/mol. The molecule has 2 aromatic heterocycles. The second kappa shape index (κ2) is 4.93. The van der Waals surface area contributed by atoms with E-state index in [1.807, 2.05) is 24.3 Å². The molecule has 122 valence electrons. The van der Waals surface area contributed by atoms with E-state index in [1.165, 1.54) is 11.1 Å². The van der Waals surface area contributed by atoms with E-state index in [1.54, 1.807) is 12.4 Å². The van der Waals surface area contributed by atoms with Crippen LogP contribution in [0.15, 0.2) is 60.9 Å². The Kier molecular flexibility index (Phi) is 2.89. The summed E-state index contributed by atoms with van der Waals surface area (Å²) in [5.41, 5.74) is 6.74. The summed E-state index contributed by atoms with van der Waals surface area (Å²) in [7, 11) is 0. The molecule has 4 heteroatoms. The van der Waals surface area contributed by atoms with Gasteiger partial charge in [-0.3, -0.25) is 9.55 Å². The highest BCUT2D eigenvalue weighted by atomic mass is 35.5. The van der Waals surface area contributed by atoms with E-state index >= 15 is 0 Å². The standard InChI is InChI=1S/C21H16ClN3/c1-21(2)15-7-6-14(22)12-18(15)25-19-16(21)4-3-5-17(19)24-20(25)13-8-10-23-11-9-13/h3-12H,1-2H3. The van der Waals surface area contributed by atoms with E-state index in [9.17, 15) is 0 Å². The zero-order valence-electron chi connectivity index (χ0n) is 14.0. The number of pyridine rings is 1. The van der Waals surface area contributed by atoms with Crippen LogP contribution in [0.2, 0.25) is 5.02 Å². The van der Waals surface area contributed by atoms with E-state index in [2.05, 4.69) is 47.7 Å². The van der Waals surface area contributed by atoms with Gasteiger partial charge in [-0.15, -0.1) is 0 Å². The van der Waals surface area contributed by atoms with E-state index in [4.69, 9.17) is 16.6 Å². The molecule has 5 rings (SSSR count). The Bertz CT molecular complexity index is 1130. The van der Waals surface area contributed by atoms with Gasteiger partial charge in [0.1, 0.15) is 5.82 Å². The maximum atomic E-state index is 6.35. The van der Waals surface area contributed by atoms with Crippen molar-refractivity contribution in [2.24, 2.45) is 0 Å². The molecule has 3 nitrogen and oxygen atoms in total. The van der Waals surface area contributed by atoms with Crippen LogP contribution in [0.3, 0.4) is 0 Å². The normalized spacial score (nSPS) is 14.5. The predicted octanol–water partition coefficient (Wildman–Crippen LogP) is 5.38. The summed E-state index contributed by atoms with van der Waals surface area (Å²) >= 11 is 6.35. The second-order valence-corrected chi connectivity index (χ2v) is 7.40. The van der Waals surface area contributed by atoms with Crippen LogP contribution in [0.5, 0.6) is 0 Å². The smallest absolute Gasteiger partial charge is 0.145 e. The SMILES string of the molecule is CC1(C)c2ccc(Cl)cc2-n2c(-c3ccncc3)nc3cccc1c32. The van der Waals surface area contributed by atoms with Crippen molar-refractivity contribution in [2.45, 2.75) is 19.3 Å². The topological polar surface area (TPSA) is 30.7 Å². The largest absolute Gasteiger partial charge is 0.292 e. The number of rotatable bonds is 1. The minimum absolute atomic E-state index is 0.106. The van der Waals surface area contributed by atoms with Crippen molar-refractivity contribution in [3.63, 3.8) is 0 Å². The number of nitrogens with zero attached hydrogens (tertiary/aromatic N) is 3. The average molecular weight is 346 g/mol. The lowest BCUT2D eigenvalue weighted by atomic mass is 9.75. The molecule has 0 aliphatic carbocycles. The lowest BCUT2D eigenvalue weighted by molar-refractivity contribution is 0.629. The van der Waals surface area contributed by atoms with Crippen molar-refractivity contribution in [3.8, 4) is 17.1 Å². The van der Waals surface area contributed by atoms with Crippen LogP contribution in [0.1, 0.15) is 25.0 Å². The van der Waals surface area contributed by atoms with Crippen LogP contribution < -0.4 is 0 Å². The van der Waals surface area contributed by atoms with Crippen LogP contribution in [0.4, 0.5) is 0 Å². The average Bonchev–Trinajstić information content (AvgIpc) is 3.01. The Labute approximate surface area is 150 Å². The quantitative estimate of drug-likeness (QED) is 0.463. The number of benzene rings is 2. The van der Waals surface area contributed by atoms with Gasteiger partial charge < -0.3 is 0 Å². The van der Waals surface area contributed by atoms with Gasteiger partial charge in [-0.1, -0.05) is 43.6 Å². The Hall–Kier alpha value is -2.65. The van der Waals surface area contributed by atoms with Crippen molar-refractivity contribution in [1.29, 1.82) is 0 Å². The summed E-state index contributed by atoms with van der Waals surface area (Å²) in [6.45, 7) is 4.52. The number of hydrogen-bond donors (Lipinski definition) is 0. The van der Waals surface area contributed by atoms with Crippen LogP contribution in [-0.4, -0.2) is 14.5 Å². The van der Waals surface area contributed by atoms with E-state index < -0.39 is 0 Å². The first-order valence-corrected chi connectivity index (χ1v) is 8.68. The number of aromatic nitrogens is 3. The summed E-state index contributed by atoms with van der Waals surface area (Å²) in [5.74, 6) is 0.920. The molecule has 0 amide bonds. The fourth-order valence-electron chi connectivity index (χ4n) is 3.92. The first-order valence-electron chi connectivity index (χ1n) is 8.30. The Morgan fingerprint density at radius 2 is 1.76 bits per heavy atom. The molecule has 0 fully saturated rings. The zero-order chi connectivity index (χ0) is 17.2. The number of halogens is 1. The van der Waals surface area contributed by atoms with Gasteiger partial charge in [0.2, 0.25) is 0 Å². The zero-order valence-corrected chi connectivity index (χ0v) is 14.7. The van der Waals surface area contributed by atoms with Crippen LogP contribution >= 0.6 is 11.6 Å². The maximum absolute atomic E-state index is 6.35. The van der Waals surface area contributed by atoms with Crippen LogP contribution in [-0.2, 0) is 5.41 Å². The van der Waals surface area contributed by atoms with Gasteiger partial charge in [-0.2, -0.15) is 0 Å². The van der Waals surface area contributed by atoms with Crippen molar-refractivity contribution in [1.82, 2.24) is 14.5 Å². The van der Waals surface area contributed by atoms with Gasteiger partial charge in [0, 0.05) is 28.4 Å². The van der Waals surface area contributed by atoms with Crippen molar-refractivity contribution < 1.29 is 0 Å². The lowest BCUT2D eigenvalue weighted by Crippen LogP contribution is -2.26. The molecule has 0 radical (unpaired) electrons. The summed E-state index contributed by atoms with van der Waals surface area (Å²) < 4.78 is 2.24. The number of para-hydroxylation sites is 1. The van der Waals surface area contributed by atoms with Gasteiger partial charge in [-0.25, -0.2) is 4.98 Å². The third kappa shape index (κ3) is 1.93. The van der Waals surface area contributed by atoms with Crippen molar-refractivity contribution in [3.05, 3.63) is 77.1 Å². The molecule has 1 aliphatic heterocycles. The minimum Gasteiger partial charge on any atom is -0.292 e. The molecule has 0 saturated heterocycles. The van der Waals surface area contributed by atoms with E-state index in [-0.39, 0.29) is 5.41 Å². The molecule has 0 bridgehead atoms. The van der Waals surface area contributed by atoms with Crippen LogP contribution in [0.25, 0.3) is 28.1 Å². The predicted molar refractivity (Wildman–Crippen MR) is 101 cm³/mol. The third-order valence-electron chi connectivity index (χ3n) is 5.16. The summed E-state index contributed by atoms with van der Waals surface area (Å²) in [4.78, 5) is 9.08. The molecule has 2 aromatic carbocycles.